The molecule has 0 spiro atoms. The molecule has 43 heavy (non-hydrogen) atoms. The SMILES string of the molecule is CC(C)[C@H](NC(=O)c1ccc2ccccc2n1)C(=O)N[C@@H](Cc1ccccc1)[C@H](O)CN(NC(=O)OC(C)(C)C)C(C)C. The summed E-state index contributed by atoms with van der Waals surface area (Å²) in [5.41, 5.74) is 3.82. The largest absolute Gasteiger partial charge is 0.443 e. The van der Waals surface area contributed by atoms with Crippen molar-refractivity contribution in [2.75, 3.05) is 6.54 Å². The maximum absolute atomic E-state index is 13.7. The standard InChI is InChI=1S/C33H45N5O5/c1-21(2)29(36-30(40)26-18-17-24-15-11-12-16-25(24)34-26)31(41)35-27(19-23-13-9-8-10-14-23)28(39)20-38(22(3)4)37-32(42)43-33(5,6)7/h8-18,21-22,27-29,39H,19-20H2,1-7H3,(H,35,41)(H,36,40)(H,37,42)/t27-,28+,29-/m0/s1. The van der Waals surface area contributed by atoms with E-state index in [4.69, 9.17) is 4.74 Å². The van der Waals surface area contributed by atoms with Gasteiger partial charge in [-0.1, -0.05) is 68.4 Å². The number of pyridine rings is 1. The maximum Gasteiger partial charge on any atom is 0.422 e. The van der Waals surface area contributed by atoms with Gasteiger partial charge in [0.05, 0.1) is 17.7 Å². The van der Waals surface area contributed by atoms with Crippen molar-refractivity contribution >= 4 is 28.8 Å². The number of hydrogen-bond donors (Lipinski definition) is 4. The molecule has 0 saturated carbocycles. The van der Waals surface area contributed by atoms with Crippen LogP contribution in [-0.4, -0.2) is 69.4 Å². The highest BCUT2D eigenvalue weighted by molar-refractivity contribution is 5.98. The fraction of sp³-hybridized carbons (Fsp3) is 0.455. The predicted octanol–water partition coefficient (Wildman–Crippen LogP) is 4.23. The molecular formula is C33H45N5O5. The third kappa shape index (κ3) is 10.3. The molecule has 3 aromatic rings. The molecule has 3 rings (SSSR count). The van der Waals surface area contributed by atoms with Gasteiger partial charge < -0.3 is 20.5 Å². The van der Waals surface area contributed by atoms with Crippen LogP contribution in [0.25, 0.3) is 10.9 Å². The zero-order valence-electron chi connectivity index (χ0n) is 26.1. The number of carbonyl (C=O) groups excluding carboxylic acids is 3. The van der Waals surface area contributed by atoms with Gasteiger partial charge in [-0.05, 0) is 64.7 Å². The van der Waals surface area contributed by atoms with E-state index in [1.54, 1.807) is 31.8 Å². The minimum absolute atomic E-state index is 0.0222. The number of benzene rings is 2. The summed E-state index contributed by atoms with van der Waals surface area (Å²) in [6.07, 6.45) is -1.38. The van der Waals surface area contributed by atoms with Gasteiger partial charge in [0.2, 0.25) is 5.91 Å². The van der Waals surface area contributed by atoms with Gasteiger partial charge in [0.25, 0.3) is 5.91 Å². The van der Waals surface area contributed by atoms with E-state index >= 15 is 0 Å². The Labute approximate surface area is 254 Å². The summed E-state index contributed by atoms with van der Waals surface area (Å²) in [6.45, 7) is 12.8. The van der Waals surface area contributed by atoms with Crippen LogP contribution >= 0.6 is 0 Å². The van der Waals surface area contributed by atoms with Crippen molar-refractivity contribution in [1.29, 1.82) is 0 Å². The lowest BCUT2D eigenvalue weighted by molar-refractivity contribution is -0.125. The number of aromatic nitrogens is 1. The zero-order chi connectivity index (χ0) is 31.7. The molecule has 0 saturated heterocycles. The van der Waals surface area contributed by atoms with E-state index in [0.717, 1.165) is 10.9 Å². The van der Waals surface area contributed by atoms with Gasteiger partial charge in [0.15, 0.2) is 0 Å². The molecule has 1 heterocycles. The number of nitrogens with zero attached hydrogens (tertiary/aromatic N) is 2. The van der Waals surface area contributed by atoms with Crippen LogP contribution in [0.4, 0.5) is 4.79 Å². The maximum atomic E-state index is 13.7. The van der Waals surface area contributed by atoms with E-state index in [2.05, 4.69) is 21.0 Å². The van der Waals surface area contributed by atoms with Crippen molar-refractivity contribution in [2.24, 2.45) is 5.92 Å². The molecule has 0 fully saturated rings. The number of hydrazine groups is 1. The summed E-state index contributed by atoms with van der Waals surface area (Å²) < 4.78 is 5.39. The van der Waals surface area contributed by atoms with E-state index in [-0.39, 0.29) is 24.2 Å². The molecule has 0 aliphatic rings. The normalized spacial score (nSPS) is 13.9. The first-order valence-corrected chi connectivity index (χ1v) is 14.7. The average molecular weight is 592 g/mol. The highest BCUT2D eigenvalue weighted by Gasteiger charge is 2.31. The van der Waals surface area contributed by atoms with Gasteiger partial charge in [-0.25, -0.2) is 14.8 Å². The summed E-state index contributed by atoms with van der Waals surface area (Å²) in [6, 6.07) is 18.7. The van der Waals surface area contributed by atoms with Gasteiger partial charge >= 0.3 is 6.09 Å². The molecule has 1 aromatic heterocycles. The number of aliphatic hydroxyl groups is 1. The third-order valence-electron chi connectivity index (χ3n) is 6.80. The number of nitrogens with one attached hydrogen (secondary N) is 3. The molecule has 0 aliphatic heterocycles. The Morgan fingerprint density at radius 1 is 0.907 bits per heavy atom. The number of carbonyl (C=O) groups is 3. The van der Waals surface area contributed by atoms with Crippen molar-refractivity contribution in [3.05, 3.63) is 78.0 Å². The molecule has 0 aliphatic carbocycles. The first-order valence-electron chi connectivity index (χ1n) is 14.7. The fourth-order valence-corrected chi connectivity index (χ4v) is 4.50. The van der Waals surface area contributed by atoms with Crippen molar-refractivity contribution in [2.45, 2.75) is 84.7 Å². The van der Waals surface area contributed by atoms with E-state index in [1.165, 1.54) is 0 Å². The number of rotatable bonds is 12. The van der Waals surface area contributed by atoms with Crippen LogP contribution in [0.3, 0.4) is 0 Å². The number of para-hydroxylation sites is 1. The molecule has 10 nitrogen and oxygen atoms in total. The second kappa shape index (κ2) is 14.9. The molecule has 3 atom stereocenters. The summed E-state index contributed by atoms with van der Waals surface area (Å²) in [5, 5.41) is 19.7. The Morgan fingerprint density at radius 3 is 2.19 bits per heavy atom. The van der Waals surface area contributed by atoms with Crippen LogP contribution in [0.1, 0.15) is 64.5 Å². The van der Waals surface area contributed by atoms with Gasteiger partial charge in [-0.3, -0.25) is 15.0 Å². The Bertz CT molecular complexity index is 1370. The van der Waals surface area contributed by atoms with Crippen LogP contribution in [-0.2, 0) is 16.0 Å². The lowest BCUT2D eigenvalue weighted by Gasteiger charge is -2.34. The molecule has 232 valence electrons. The summed E-state index contributed by atoms with van der Waals surface area (Å²) in [4.78, 5) is 43.8. The van der Waals surface area contributed by atoms with Crippen LogP contribution in [0, 0.1) is 5.92 Å². The van der Waals surface area contributed by atoms with E-state index in [0.29, 0.717) is 11.9 Å². The quantitative estimate of drug-likeness (QED) is 0.232. The number of amides is 3. The Hall–Kier alpha value is -4.02. The Kier molecular flexibility index (Phi) is 11.6. The molecule has 4 N–H and O–H groups in total. The molecule has 0 unspecified atom stereocenters. The fourth-order valence-electron chi connectivity index (χ4n) is 4.50. The lowest BCUT2D eigenvalue weighted by atomic mass is 9.98. The highest BCUT2D eigenvalue weighted by Crippen LogP contribution is 2.14. The molecular weight excluding hydrogens is 546 g/mol. The monoisotopic (exact) mass is 591 g/mol. The van der Waals surface area contributed by atoms with Crippen LogP contribution in [0.5, 0.6) is 0 Å². The number of aliphatic hydroxyl groups excluding tert-OH is 1. The van der Waals surface area contributed by atoms with Gasteiger partial charge in [-0.15, -0.1) is 0 Å². The molecule has 2 aromatic carbocycles. The minimum Gasteiger partial charge on any atom is -0.443 e. The number of ether oxygens (including phenoxy) is 1. The summed E-state index contributed by atoms with van der Waals surface area (Å²) in [7, 11) is 0. The predicted molar refractivity (Wildman–Crippen MR) is 167 cm³/mol. The Balaban J connectivity index is 1.78. The summed E-state index contributed by atoms with van der Waals surface area (Å²) in [5.74, 6) is -1.15. The van der Waals surface area contributed by atoms with E-state index in [9.17, 15) is 19.5 Å². The van der Waals surface area contributed by atoms with Crippen molar-refractivity contribution in [1.82, 2.24) is 26.1 Å². The smallest absolute Gasteiger partial charge is 0.422 e. The molecule has 0 bridgehead atoms. The second-order valence-corrected chi connectivity index (χ2v) is 12.3. The Morgan fingerprint density at radius 2 is 1.56 bits per heavy atom. The first-order chi connectivity index (χ1) is 20.2. The average Bonchev–Trinajstić information content (AvgIpc) is 2.94. The highest BCUT2D eigenvalue weighted by atomic mass is 16.6. The second-order valence-electron chi connectivity index (χ2n) is 12.3. The lowest BCUT2D eigenvalue weighted by Crippen LogP contribution is -2.58. The van der Waals surface area contributed by atoms with Gasteiger partial charge in [-0.2, -0.15) is 0 Å². The van der Waals surface area contributed by atoms with Crippen LogP contribution in [0.15, 0.2) is 66.7 Å². The molecule has 3 amide bonds. The first kappa shape index (κ1) is 33.5. The topological polar surface area (TPSA) is 133 Å². The van der Waals surface area contributed by atoms with Crippen molar-refractivity contribution in [3.8, 4) is 0 Å². The van der Waals surface area contributed by atoms with E-state index < -0.39 is 41.7 Å². The molecule has 10 heteroatoms. The van der Waals surface area contributed by atoms with Crippen LogP contribution in [0.2, 0.25) is 0 Å². The van der Waals surface area contributed by atoms with Gasteiger partial charge in [0.1, 0.15) is 17.3 Å². The molecule has 0 radical (unpaired) electrons. The summed E-state index contributed by atoms with van der Waals surface area (Å²) >= 11 is 0. The number of fused-ring (bicyclic) bond motifs is 1. The van der Waals surface area contributed by atoms with Crippen molar-refractivity contribution < 1.29 is 24.2 Å². The minimum atomic E-state index is -1.08. The van der Waals surface area contributed by atoms with Gasteiger partial charge in [0, 0.05) is 18.0 Å². The van der Waals surface area contributed by atoms with E-state index in [1.807, 2.05) is 88.4 Å². The number of hydrogen-bond acceptors (Lipinski definition) is 7. The zero-order valence-corrected chi connectivity index (χ0v) is 26.1. The van der Waals surface area contributed by atoms with Crippen molar-refractivity contribution in [3.63, 3.8) is 0 Å². The third-order valence-corrected chi connectivity index (χ3v) is 6.80. The van der Waals surface area contributed by atoms with Crippen LogP contribution < -0.4 is 16.1 Å².